The van der Waals surface area contributed by atoms with Gasteiger partial charge in [0.2, 0.25) is 11.6 Å². The molecule has 7 nitrogen and oxygen atoms in total. The van der Waals surface area contributed by atoms with E-state index < -0.39 is 4.92 Å². The zero-order chi connectivity index (χ0) is 15.6. The molecule has 0 aliphatic heterocycles. The quantitative estimate of drug-likeness (QED) is 0.684. The summed E-state index contributed by atoms with van der Waals surface area (Å²) in [6, 6.07) is 4.66. The van der Waals surface area contributed by atoms with E-state index in [0.717, 1.165) is 5.56 Å². The van der Waals surface area contributed by atoms with Gasteiger partial charge in [0.05, 0.1) is 10.5 Å². The van der Waals surface area contributed by atoms with E-state index in [2.05, 4.69) is 9.97 Å². The SMILES string of the molecule is Cc1ccc([N+](=O)[O-])c(Oc2ncnc(N)c2C(C)C)c1. The summed E-state index contributed by atoms with van der Waals surface area (Å²) in [6.45, 7) is 5.67. The average Bonchev–Trinajstić information content (AvgIpc) is 2.37. The molecular weight excluding hydrogens is 272 g/mol. The summed E-state index contributed by atoms with van der Waals surface area (Å²) in [5, 5.41) is 11.1. The van der Waals surface area contributed by atoms with E-state index in [1.807, 2.05) is 20.8 Å². The molecule has 0 aliphatic carbocycles. The Balaban J connectivity index is 2.50. The van der Waals surface area contributed by atoms with Crippen molar-refractivity contribution in [2.24, 2.45) is 0 Å². The Labute approximate surface area is 121 Å². The van der Waals surface area contributed by atoms with Gasteiger partial charge in [-0.05, 0) is 24.5 Å². The highest BCUT2D eigenvalue weighted by Crippen LogP contribution is 2.36. The van der Waals surface area contributed by atoms with E-state index in [-0.39, 0.29) is 23.2 Å². The molecule has 0 fully saturated rings. The van der Waals surface area contributed by atoms with Crippen molar-refractivity contribution in [1.29, 1.82) is 0 Å². The number of aromatic nitrogens is 2. The van der Waals surface area contributed by atoms with Crippen molar-refractivity contribution in [1.82, 2.24) is 9.97 Å². The highest BCUT2D eigenvalue weighted by Gasteiger charge is 2.20. The molecule has 110 valence electrons. The van der Waals surface area contributed by atoms with E-state index in [1.165, 1.54) is 12.4 Å². The normalized spacial score (nSPS) is 10.7. The topological polar surface area (TPSA) is 104 Å². The summed E-state index contributed by atoms with van der Waals surface area (Å²) in [5.74, 6) is 0.724. The minimum absolute atomic E-state index is 0.0325. The number of nitrogen functional groups attached to an aromatic ring is 1. The molecule has 21 heavy (non-hydrogen) atoms. The first-order valence-electron chi connectivity index (χ1n) is 6.43. The third-order valence-electron chi connectivity index (χ3n) is 2.97. The van der Waals surface area contributed by atoms with Gasteiger partial charge >= 0.3 is 5.69 Å². The Morgan fingerprint density at radius 1 is 1.33 bits per heavy atom. The molecule has 0 bridgehead atoms. The van der Waals surface area contributed by atoms with E-state index >= 15 is 0 Å². The molecule has 0 saturated heterocycles. The lowest BCUT2D eigenvalue weighted by molar-refractivity contribution is -0.385. The van der Waals surface area contributed by atoms with Crippen molar-refractivity contribution < 1.29 is 9.66 Å². The fourth-order valence-corrected chi connectivity index (χ4v) is 1.97. The van der Waals surface area contributed by atoms with E-state index in [4.69, 9.17) is 10.5 Å². The van der Waals surface area contributed by atoms with Crippen LogP contribution >= 0.6 is 0 Å². The van der Waals surface area contributed by atoms with Crippen LogP contribution in [-0.4, -0.2) is 14.9 Å². The first-order valence-corrected chi connectivity index (χ1v) is 6.43. The van der Waals surface area contributed by atoms with Crippen LogP contribution in [0.1, 0.15) is 30.9 Å². The monoisotopic (exact) mass is 288 g/mol. The molecule has 1 heterocycles. The smallest absolute Gasteiger partial charge is 0.311 e. The molecule has 0 saturated carbocycles. The van der Waals surface area contributed by atoms with Crippen LogP contribution in [0.4, 0.5) is 11.5 Å². The van der Waals surface area contributed by atoms with Crippen molar-refractivity contribution in [2.75, 3.05) is 5.73 Å². The van der Waals surface area contributed by atoms with E-state index in [0.29, 0.717) is 11.4 Å². The number of hydrogen-bond donors (Lipinski definition) is 1. The minimum Gasteiger partial charge on any atom is -0.431 e. The van der Waals surface area contributed by atoms with E-state index in [9.17, 15) is 10.1 Å². The molecular formula is C14H16N4O3. The van der Waals surface area contributed by atoms with Crippen LogP contribution in [0.3, 0.4) is 0 Å². The van der Waals surface area contributed by atoms with Gasteiger partial charge in [0.1, 0.15) is 12.1 Å². The molecule has 0 amide bonds. The zero-order valence-corrected chi connectivity index (χ0v) is 12.0. The number of nitrogens with two attached hydrogens (primary N) is 1. The molecule has 2 rings (SSSR count). The van der Waals surface area contributed by atoms with Gasteiger partial charge in [0.25, 0.3) is 0 Å². The molecule has 1 aromatic heterocycles. The second-order valence-corrected chi connectivity index (χ2v) is 4.96. The number of rotatable bonds is 4. The Kier molecular flexibility index (Phi) is 4.02. The highest BCUT2D eigenvalue weighted by molar-refractivity contribution is 5.53. The number of ether oxygens (including phenoxy) is 1. The molecule has 7 heteroatoms. The highest BCUT2D eigenvalue weighted by atomic mass is 16.6. The van der Waals surface area contributed by atoms with Crippen LogP contribution in [0.25, 0.3) is 0 Å². The van der Waals surface area contributed by atoms with Crippen LogP contribution in [0.15, 0.2) is 24.5 Å². The molecule has 0 spiro atoms. The maximum atomic E-state index is 11.1. The van der Waals surface area contributed by atoms with Gasteiger partial charge in [-0.3, -0.25) is 10.1 Å². The summed E-state index contributed by atoms with van der Waals surface area (Å²) in [6.07, 6.45) is 1.28. The Morgan fingerprint density at radius 3 is 2.67 bits per heavy atom. The number of hydrogen-bond acceptors (Lipinski definition) is 6. The second-order valence-electron chi connectivity index (χ2n) is 4.96. The lowest BCUT2D eigenvalue weighted by Crippen LogP contribution is -2.05. The van der Waals surface area contributed by atoms with Crippen molar-refractivity contribution in [3.8, 4) is 11.6 Å². The van der Waals surface area contributed by atoms with Gasteiger partial charge in [-0.2, -0.15) is 0 Å². The first-order chi connectivity index (χ1) is 9.90. The van der Waals surface area contributed by atoms with Crippen molar-refractivity contribution >= 4 is 11.5 Å². The molecule has 0 atom stereocenters. The Bertz CT molecular complexity index is 686. The van der Waals surface area contributed by atoms with Crippen molar-refractivity contribution in [2.45, 2.75) is 26.7 Å². The second kappa shape index (κ2) is 5.74. The van der Waals surface area contributed by atoms with Crippen LogP contribution in [0.5, 0.6) is 11.6 Å². The number of nitrogens with zero attached hydrogens (tertiary/aromatic N) is 3. The third-order valence-corrected chi connectivity index (χ3v) is 2.97. The van der Waals surface area contributed by atoms with Gasteiger partial charge in [-0.1, -0.05) is 19.9 Å². The molecule has 2 aromatic rings. The average molecular weight is 288 g/mol. The fourth-order valence-electron chi connectivity index (χ4n) is 1.97. The summed E-state index contributed by atoms with van der Waals surface area (Å²) < 4.78 is 5.65. The first kappa shape index (κ1) is 14.7. The zero-order valence-electron chi connectivity index (χ0n) is 12.0. The predicted molar refractivity (Wildman–Crippen MR) is 78.4 cm³/mol. The predicted octanol–water partition coefficient (Wildman–Crippen LogP) is 3.19. The van der Waals surface area contributed by atoms with Gasteiger partial charge in [0.15, 0.2) is 0 Å². The fraction of sp³-hybridized carbons (Fsp3) is 0.286. The van der Waals surface area contributed by atoms with Gasteiger partial charge in [-0.25, -0.2) is 9.97 Å². The molecule has 0 radical (unpaired) electrons. The molecule has 0 unspecified atom stereocenters. The lowest BCUT2D eigenvalue weighted by atomic mass is 10.1. The number of aryl methyl sites for hydroxylation is 1. The third kappa shape index (κ3) is 3.07. The number of nitro benzene ring substituents is 1. The van der Waals surface area contributed by atoms with Gasteiger partial charge in [-0.15, -0.1) is 0 Å². The summed E-state index contributed by atoms with van der Waals surface area (Å²) >= 11 is 0. The summed E-state index contributed by atoms with van der Waals surface area (Å²) in [5.41, 5.74) is 7.20. The molecule has 2 N–H and O–H groups in total. The summed E-state index contributed by atoms with van der Waals surface area (Å²) in [7, 11) is 0. The van der Waals surface area contributed by atoms with Crippen LogP contribution in [-0.2, 0) is 0 Å². The van der Waals surface area contributed by atoms with Crippen LogP contribution in [0, 0.1) is 17.0 Å². The standard InChI is InChI=1S/C14H16N4O3/c1-8(2)12-13(15)16-7-17-14(12)21-11-6-9(3)4-5-10(11)18(19)20/h4-8H,1-3H3,(H2,15,16,17). The maximum absolute atomic E-state index is 11.1. The summed E-state index contributed by atoms with van der Waals surface area (Å²) in [4.78, 5) is 18.6. The number of nitro groups is 1. The maximum Gasteiger partial charge on any atom is 0.311 e. The van der Waals surface area contributed by atoms with Gasteiger partial charge < -0.3 is 10.5 Å². The number of anilines is 1. The molecule has 0 aliphatic rings. The number of benzene rings is 1. The van der Waals surface area contributed by atoms with Crippen molar-refractivity contribution in [3.05, 3.63) is 45.8 Å². The Hall–Kier alpha value is -2.70. The minimum atomic E-state index is -0.492. The van der Waals surface area contributed by atoms with Gasteiger partial charge in [0, 0.05) is 6.07 Å². The lowest BCUT2D eigenvalue weighted by Gasteiger charge is -2.14. The largest absolute Gasteiger partial charge is 0.431 e. The van der Waals surface area contributed by atoms with Crippen LogP contribution in [0.2, 0.25) is 0 Å². The molecule has 1 aromatic carbocycles. The van der Waals surface area contributed by atoms with Crippen LogP contribution < -0.4 is 10.5 Å². The Morgan fingerprint density at radius 2 is 2.05 bits per heavy atom. The van der Waals surface area contributed by atoms with Crippen molar-refractivity contribution in [3.63, 3.8) is 0 Å². The van der Waals surface area contributed by atoms with E-state index in [1.54, 1.807) is 12.1 Å².